The average molecular weight is 608 g/mol. The molecule has 0 spiro atoms. The van der Waals surface area contributed by atoms with E-state index in [9.17, 15) is 14.3 Å². The van der Waals surface area contributed by atoms with Gasteiger partial charge in [0.15, 0.2) is 4.75 Å². The van der Waals surface area contributed by atoms with E-state index in [1.807, 2.05) is 91.0 Å². The van der Waals surface area contributed by atoms with Gasteiger partial charge in [0.1, 0.15) is 23.7 Å². The standard InChI is InChI=1S/C36H30FNO5S/c37-30-15-9-12-27(22-30)24-38(25-34(39)40)44(41,42)36(20-18-29(19-21-36)28-13-5-2-6-14-28)35-31-16-7-8-17-32(31)43-33(35)23-26-10-3-1-4-11-26/h1-22,29H,23-25H2,(H,39,40). The van der Waals surface area contributed by atoms with E-state index in [4.69, 9.17) is 4.42 Å². The first kappa shape index (κ1) is 29.3. The maximum atomic E-state index is 15.0. The van der Waals surface area contributed by atoms with Crippen LogP contribution in [0.25, 0.3) is 11.0 Å². The van der Waals surface area contributed by atoms with Crippen molar-refractivity contribution in [3.8, 4) is 0 Å². The summed E-state index contributed by atoms with van der Waals surface area (Å²) in [7, 11) is -4.53. The molecule has 0 saturated carbocycles. The fourth-order valence-corrected chi connectivity index (χ4v) is 7.85. The molecule has 6 nitrogen and oxygen atoms in total. The van der Waals surface area contributed by atoms with Gasteiger partial charge in [0, 0.05) is 29.8 Å². The second-order valence-corrected chi connectivity index (χ2v) is 12.9. The van der Waals surface area contributed by atoms with Gasteiger partial charge in [-0.25, -0.2) is 12.8 Å². The lowest BCUT2D eigenvalue weighted by atomic mass is 9.85. The van der Waals surface area contributed by atoms with Gasteiger partial charge in [-0.15, -0.1) is 0 Å². The number of benzene rings is 4. The summed E-state index contributed by atoms with van der Waals surface area (Å²) < 4.78 is 49.7. The Hall–Kier alpha value is -4.79. The van der Waals surface area contributed by atoms with Crippen LogP contribution in [0.1, 0.15) is 33.9 Å². The van der Waals surface area contributed by atoms with E-state index >= 15 is 8.42 Å². The molecule has 1 aliphatic rings. The van der Waals surface area contributed by atoms with Crippen molar-refractivity contribution in [1.29, 1.82) is 0 Å². The fraction of sp³-hybridized carbons (Fsp3) is 0.139. The molecule has 1 heterocycles. The van der Waals surface area contributed by atoms with E-state index in [2.05, 4.69) is 0 Å². The van der Waals surface area contributed by atoms with Crippen LogP contribution in [0.4, 0.5) is 4.39 Å². The van der Waals surface area contributed by atoms with Crippen molar-refractivity contribution in [3.63, 3.8) is 0 Å². The Morgan fingerprint density at radius 1 is 0.841 bits per heavy atom. The summed E-state index contributed by atoms with van der Waals surface area (Å²) in [5.74, 6) is -1.62. The minimum atomic E-state index is -4.53. The highest BCUT2D eigenvalue weighted by atomic mass is 32.2. The van der Waals surface area contributed by atoms with E-state index < -0.39 is 33.1 Å². The largest absolute Gasteiger partial charge is 0.480 e. The van der Waals surface area contributed by atoms with E-state index in [0.717, 1.165) is 15.4 Å². The Morgan fingerprint density at radius 2 is 1.48 bits per heavy atom. The van der Waals surface area contributed by atoms with Gasteiger partial charge < -0.3 is 9.52 Å². The van der Waals surface area contributed by atoms with Gasteiger partial charge in [0.05, 0.1) is 0 Å². The van der Waals surface area contributed by atoms with Crippen molar-refractivity contribution in [2.45, 2.75) is 23.6 Å². The molecule has 44 heavy (non-hydrogen) atoms. The average Bonchev–Trinajstić information content (AvgIpc) is 3.39. The zero-order chi connectivity index (χ0) is 30.7. The molecular formula is C36H30FNO5S. The molecule has 0 fully saturated rings. The third-order valence-corrected chi connectivity index (χ3v) is 10.1. The number of hydrogen-bond acceptors (Lipinski definition) is 4. The van der Waals surface area contributed by atoms with Crippen LogP contribution in [0.2, 0.25) is 0 Å². The molecule has 8 heteroatoms. The van der Waals surface area contributed by atoms with E-state index in [0.29, 0.717) is 34.3 Å². The molecule has 0 saturated heterocycles. The van der Waals surface area contributed by atoms with Crippen LogP contribution in [-0.4, -0.2) is 30.3 Å². The number of carbonyl (C=O) groups is 1. The number of carboxylic acids is 1. The van der Waals surface area contributed by atoms with Gasteiger partial charge in [0.2, 0.25) is 10.0 Å². The number of carboxylic acid groups (broad SMARTS) is 1. The third kappa shape index (κ3) is 5.62. The van der Waals surface area contributed by atoms with Crippen molar-refractivity contribution >= 4 is 27.0 Å². The second-order valence-electron chi connectivity index (χ2n) is 10.8. The number of halogens is 1. The summed E-state index contributed by atoms with van der Waals surface area (Å²) in [5.41, 5.74) is 3.18. The molecular weight excluding hydrogens is 577 g/mol. The number of hydrogen-bond donors (Lipinski definition) is 1. The summed E-state index contributed by atoms with van der Waals surface area (Å²) in [6.45, 7) is -1.14. The Bertz CT molecular complexity index is 1950. The van der Waals surface area contributed by atoms with E-state index in [-0.39, 0.29) is 12.5 Å². The van der Waals surface area contributed by atoms with Gasteiger partial charge >= 0.3 is 5.97 Å². The first-order valence-electron chi connectivity index (χ1n) is 14.2. The summed E-state index contributed by atoms with van der Waals surface area (Å²) in [6.07, 6.45) is 7.28. The molecule has 0 amide bonds. The van der Waals surface area contributed by atoms with Gasteiger partial charge in [-0.1, -0.05) is 115 Å². The summed E-state index contributed by atoms with van der Waals surface area (Å²) in [4.78, 5) is 12.1. The van der Waals surface area contributed by atoms with E-state index in [1.54, 1.807) is 24.3 Å². The number of nitrogens with zero attached hydrogens (tertiary/aromatic N) is 1. The lowest BCUT2D eigenvalue weighted by Crippen LogP contribution is -2.47. The summed E-state index contributed by atoms with van der Waals surface area (Å²) >= 11 is 0. The highest BCUT2D eigenvalue weighted by molar-refractivity contribution is 7.90. The number of aliphatic carboxylic acids is 1. The van der Waals surface area contributed by atoms with Crippen LogP contribution in [0.15, 0.2) is 138 Å². The minimum Gasteiger partial charge on any atom is -0.480 e. The highest BCUT2D eigenvalue weighted by Gasteiger charge is 2.50. The molecule has 1 N–H and O–H groups in total. The smallest absolute Gasteiger partial charge is 0.318 e. The number of allylic oxidation sites excluding steroid dienone is 2. The first-order valence-corrected chi connectivity index (χ1v) is 15.7. The Balaban J connectivity index is 1.57. The van der Waals surface area contributed by atoms with Gasteiger partial charge in [-0.3, -0.25) is 4.79 Å². The molecule has 4 aromatic carbocycles. The predicted octanol–water partition coefficient (Wildman–Crippen LogP) is 7.18. The van der Waals surface area contributed by atoms with Crippen molar-refractivity contribution in [2.75, 3.05) is 6.54 Å². The van der Waals surface area contributed by atoms with Crippen LogP contribution in [-0.2, 0) is 32.5 Å². The maximum absolute atomic E-state index is 15.0. The zero-order valence-electron chi connectivity index (χ0n) is 23.7. The molecule has 0 aliphatic heterocycles. The Labute approximate surface area is 255 Å². The monoisotopic (exact) mass is 607 g/mol. The Kier molecular flexibility index (Phi) is 8.03. The van der Waals surface area contributed by atoms with Crippen molar-refractivity contribution in [2.24, 2.45) is 0 Å². The second kappa shape index (κ2) is 12.1. The van der Waals surface area contributed by atoms with Crippen molar-refractivity contribution < 1.29 is 27.1 Å². The lowest BCUT2D eigenvalue weighted by molar-refractivity contribution is -0.137. The first-order chi connectivity index (χ1) is 21.3. The van der Waals surface area contributed by atoms with Gasteiger partial charge in [-0.2, -0.15) is 4.31 Å². The van der Waals surface area contributed by atoms with Gasteiger partial charge in [0.25, 0.3) is 0 Å². The van der Waals surface area contributed by atoms with Crippen LogP contribution >= 0.6 is 0 Å². The minimum absolute atomic E-state index is 0.202. The highest BCUT2D eigenvalue weighted by Crippen LogP contribution is 2.47. The fourth-order valence-electron chi connectivity index (χ4n) is 5.84. The van der Waals surface area contributed by atoms with Crippen molar-refractivity contribution in [3.05, 3.63) is 167 Å². The SMILES string of the molecule is O=C(O)CN(Cc1cccc(F)c1)S(=O)(=O)C1(c2c(Cc3ccccc3)oc3ccccc23)C=CC(c2ccccc2)C=C1. The molecule has 0 unspecified atom stereocenters. The van der Waals surface area contributed by atoms with Crippen molar-refractivity contribution in [1.82, 2.24) is 4.31 Å². The molecule has 1 aromatic heterocycles. The zero-order valence-corrected chi connectivity index (χ0v) is 24.5. The lowest BCUT2D eigenvalue weighted by Gasteiger charge is -2.36. The number of rotatable bonds is 10. The number of sulfonamides is 1. The summed E-state index contributed by atoms with van der Waals surface area (Å²) in [5, 5.41) is 10.5. The maximum Gasteiger partial charge on any atom is 0.318 e. The summed E-state index contributed by atoms with van der Waals surface area (Å²) in [6, 6.07) is 32.1. The normalized spacial score (nSPS) is 18.2. The van der Waals surface area contributed by atoms with Crippen LogP contribution in [0, 0.1) is 5.82 Å². The molecule has 5 aromatic rings. The van der Waals surface area contributed by atoms with E-state index in [1.165, 1.54) is 18.2 Å². The van der Waals surface area contributed by atoms with Crippen LogP contribution < -0.4 is 0 Å². The topological polar surface area (TPSA) is 87.8 Å². The molecule has 222 valence electrons. The molecule has 0 bridgehead atoms. The molecule has 6 rings (SSSR count). The number of para-hydroxylation sites is 1. The van der Waals surface area contributed by atoms with Crippen LogP contribution in [0.5, 0.6) is 0 Å². The molecule has 0 atom stereocenters. The van der Waals surface area contributed by atoms with Crippen LogP contribution in [0.3, 0.4) is 0 Å². The molecule has 1 aliphatic carbocycles. The Morgan fingerprint density at radius 3 is 2.16 bits per heavy atom. The number of furan rings is 1. The number of fused-ring (bicyclic) bond motifs is 1. The quantitative estimate of drug-likeness (QED) is 0.170. The molecule has 0 radical (unpaired) electrons. The van der Waals surface area contributed by atoms with Gasteiger partial charge in [-0.05, 0) is 34.9 Å². The third-order valence-electron chi connectivity index (χ3n) is 7.88. The predicted molar refractivity (Wildman–Crippen MR) is 168 cm³/mol.